The lowest BCUT2D eigenvalue weighted by molar-refractivity contribution is -0.145. The number of nitrogens with one attached hydrogen (secondary N) is 1. The van der Waals surface area contributed by atoms with Gasteiger partial charge in [0.15, 0.2) is 0 Å². The molecule has 13 heteroatoms. The Kier molecular flexibility index (Phi) is 7.05. The molecule has 1 unspecified atom stereocenters. The molecule has 0 amide bonds. The van der Waals surface area contributed by atoms with Gasteiger partial charge in [0.05, 0.1) is 35.8 Å². The van der Waals surface area contributed by atoms with Crippen molar-refractivity contribution in [2.75, 3.05) is 11.2 Å². The monoisotopic (exact) mass is 517 g/mol. The number of hydrogen-bond donors (Lipinski definition) is 3. The van der Waals surface area contributed by atoms with E-state index in [1.54, 1.807) is 42.1 Å². The maximum absolute atomic E-state index is 13.5. The molecule has 0 radical (unpaired) electrons. The fourth-order valence-electron chi connectivity index (χ4n) is 3.77. The van der Waals surface area contributed by atoms with E-state index in [9.17, 15) is 14.4 Å². The van der Waals surface area contributed by atoms with Crippen LogP contribution in [0.4, 0.5) is 11.4 Å². The maximum Gasteiger partial charge on any atom is 0.354 e. The Morgan fingerprint density at radius 1 is 1.23 bits per heavy atom. The van der Waals surface area contributed by atoms with Crippen molar-refractivity contribution in [1.82, 2.24) is 13.8 Å². The first-order chi connectivity index (χ1) is 16.7. The molecule has 0 aliphatic carbocycles. The van der Waals surface area contributed by atoms with E-state index in [2.05, 4.69) is 15.1 Å². The lowest BCUT2D eigenvalue weighted by Gasteiger charge is -2.18. The smallest absolute Gasteiger partial charge is 0.354 e. The minimum absolute atomic E-state index is 0.0520. The number of halogens is 1. The number of nitrogens with two attached hydrogens (primary N) is 2. The molecular weight excluding hydrogens is 494 g/mol. The standard InChI is InChI=1S/C22H24ClN7O4S/c1-12(9-19(31)34-25)29-21(32)28(11-14-3-5-15(23)6-4-14)20(30(24)22(29)33)27-16-7-8-18-17(10-16)26-13(2)35-18/h3-8,10,12-13,26H,9,11,24-25H2,1-2H3/b27-20-/t12-,13?/m0/s1. The van der Waals surface area contributed by atoms with Crippen LogP contribution in [0.1, 0.15) is 31.9 Å². The number of nitrogens with zero attached hydrogens (tertiary/aromatic N) is 4. The van der Waals surface area contributed by atoms with Crippen LogP contribution < -0.4 is 34.1 Å². The Balaban J connectivity index is 1.91. The summed E-state index contributed by atoms with van der Waals surface area (Å²) in [4.78, 5) is 48.2. The lowest BCUT2D eigenvalue weighted by Crippen LogP contribution is -2.58. The summed E-state index contributed by atoms with van der Waals surface area (Å²) in [7, 11) is 0. The van der Waals surface area contributed by atoms with Crippen LogP contribution in [0, 0.1) is 0 Å². The third kappa shape index (κ3) is 5.14. The largest absolute Gasteiger partial charge is 0.373 e. The Labute approximate surface area is 208 Å². The zero-order valence-corrected chi connectivity index (χ0v) is 20.5. The van der Waals surface area contributed by atoms with E-state index in [0.717, 1.165) is 25.4 Å². The topological polar surface area (TPSA) is 152 Å². The third-order valence-corrected chi connectivity index (χ3v) is 6.78. The minimum Gasteiger partial charge on any atom is -0.373 e. The van der Waals surface area contributed by atoms with Crippen molar-refractivity contribution in [3.63, 3.8) is 0 Å². The van der Waals surface area contributed by atoms with Crippen molar-refractivity contribution in [3.8, 4) is 0 Å². The van der Waals surface area contributed by atoms with Gasteiger partial charge < -0.3 is 16.0 Å². The molecule has 2 aromatic carbocycles. The molecule has 1 aliphatic heterocycles. The van der Waals surface area contributed by atoms with E-state index in [-0.39, 0.29) is 24.0 Å². The van der Waals surface area contributed by atoms with Gasteiger partial charge in [-0.05, 0) is 49.7 Å². The highest BCUT2D eigenvalue weighted by molar-refractivity contribution is 8.00. The second-order valence-electron chi connectivity index (χ2n) is 8.06. The first kappa shape index (κ1) is 24.6. The van der Waals surface area contributed by atoms with Crippen LogP contribution in [0.25, 0.3) is 0 Å². The molecule has 1 aliphatic rings. The average molecular weight is 518 g/mol. The number of benzene rings is 2. The van der Waals surface area contributed by atoms with E-state index in [1.165, 1.54) is 11.5 Å². The Morgan fingerprint density at radius 2 is 1.94 bits per heavy atom. The van der Waals surface area contributed by atoms with Gasteiger partial charge in [0.2, 0.25) is 5.62 Å². The Bertz CT molecular complexity index is 1460. The summed E-state index contributed by atoms with van der Waals surface area (Å²) in [5, 5.41) is 4.09. The molecule has 0 spiro atoms. The molecule has 0 fully saturated rings. The highest BCUT2D eigenvalue weighted by atomic mass is 35.5. The molecule has 0 saturated carbocycles. The van der Waals surface area contributed by atoms with Gasteiger partial charge in [-0.15, -0.1) is 0 Å². The SMILES string of the molecule is CC1Nc2cc(/N=c3\n(N)c(=O)n([C@@H](C)CC(=O)ON)c(=O)n3Cc3ccc(Cl)cc3)ccc2S1. The van der Waals surface area contributed by atoms with Crippen molar-refractivity contribution in [1.29, 1.82) is 0 Å². The third-order valence-electron chi connectivity index (χ3n) is 5.45. The van der Waals surface area contributed by atoms with Gasteiger partial charge >= 0.3 is 17.3 Å². The lowest BCUT2D eigenvalue weighted by atomic mass is 10.2. The quantitative estimate of drug-likeness (QED) is 0.330. The number of hydrogen-bond acceptors (Lipinski definition) is 9. The first-order valence-electron chi connectivity index (χ1n) is 10.7. The summed E-state index contributed by atoms with van der Waals surface area (Å²) in [6.07, 6.45) is -0.296. The number of anilines is 1. The number of rotatable bonds is 6. The fraction of sp³-hybridized carbons (Fsp3) is 0.273. The Morgan fingerprint density at radius 3 is 2.63 bits per heavy atom. The molecule has 1 aromatic heterocycles. The maximum atomic E-state index is 13.5. The zero-order valence-electron chi connectivity index (χ0n) is 19.0. The van der Waals surface area contributed by atoms with Crippen LogP contribution in [0.5, 0.6) is 0 Å². The van der Waals surface area contributed by atoms with Gasteiger partial charge in [0.25, 0.3) is 0 Å². The summed E-state index contributed by atoms with van der Waals surface area (Å²) >= 11 is 7.68. The van der Waals surface area contributed by atoms with E-state index in [4.69, 9.17) is 23.3 Å². The van der Waals surface area contributed by atoms with E-state index >= 15 is 0 Å². The van der Waals surface area contributed by atoms with E-state index in [0.29, 0.717) is 10.7 Å². The van der Waals surface area contributed by atoms with Gasteiger partial charge in [-0.2, -0.15) is 10.6 Å². The van der Waals surface area contributed by atoms with Gasteiger partial charge in [0, 0.05) is 9.92 Å². The van der Waals surface area contributed by atoms with E-state index in [1.807, 2.05) is 19.1 Å². The summed E-state index contributed by atoms with van der Waals surface area (Å²) in [5.74, 6) is 10.3. The highest BCUT2D eigenvalue weighted by Crippen LogP contribution is 2.39. The summed E-state index contributed by atoms with van der Waals surface area (Å²) < 4.78 is 2.95. The predicted octanol–water partition coefficient (Wildman–Crippen LogP) is 1.69. The van der Waals surface area contributed by atoms with Crippen molar-refractivity contribution in [2.45, 2.75) is 43.1 Å². The number of carbonyl (C=O) groups excluding carboxylic acids is 1. The van der Waals surface area contributed by atoms with Gasteiger partial charge in [-0.1, -0.05) is 35.5 Å². The van der Waals surface area contributed by atoms with Crippen molar-refractivity contribution >= 4 is 40.7 Å². The van der Waals surface area contributed by atoms with Crippen LogP contribution in [0.2, 0.25) is 5.02 Å². The van der Waals surface area contributed by atoms with Crippen LogP contribution in [0.15, 0.2) is 61.9 Å². The number of fused-ring (bicyclic) bond motifs is 1. The zero-order chi connectivity index (χ0) is 25.3. The summed E-state index contributed by atoms with van der Waals surface area (Å²) in [5.41, 5.74) is 0.562. The molecule has 5 N–H and O–H groups in total. The Hall–Kier alpha value is -3.48. The molecule has 0 saturated heterocycles. The highest BCUT2D eigenvalue weighted by Gasteiger charge is 2.21. The molecular formula is C22H24ClN7O4S. The fourth-order valence-corrected chi connectivity index (χ4v) is 4.85. The second-order valence-corrected chi connectivity index (χ2v) is 9.88. The van der Waals surface area contributed by atoms with Crippen LogP contribution in [0.3, 0.4) is 0 Å². The summed E-state index contributed by atoms with van der Waals surface area (Å²) in [6.45, 7) is 3.62. The average Bonchev–Trinajstić information content (AvgIpc) is 3.20. The van der Waals surface area contributed by atoms with Gasteiger partial charge in [0.1, 0.15) is 0 Å². The van der Waals surface area contributed by atoms with Crippen molar-refractivity contribution in [3.05, 3.63) is 79.6 Å². The van der Waals surface area contributed by atoms with Gasteiger partial charge in [-0.3, -0.25) is 9.36 Å². The van der Waals surface area contributed by atoms with Crippen LogP contribution >= 0.6 is 23.4 Å². The minimum atomic E-state index is -0.867. The van der Waals surface area contributed by atoms with Crippen LogP contribution in [-0.2, 0) is 16.2 Å². The van der Waals surface area contributed by atoms with Crippen LogP contribution in [-0.4, -0.2) is 25.2 Å². The molecule has 4 rings (SSSR count). The first-order valence-corrected chi connectivity index (χ1v) is 11.9. The molecule has 2 heterocycles. The van der Waals surface area contributed by atoms with Crippen molar-refractivity contribution < 1.29 is 9.63 Å². The molecule has 0 bridgehead atoms. The van der Waals surface area contributed by atoms with Crippen molar-refractivity contribution in [2.24, 2.45) is 10.9 Å². The second kappa shape index (κ2) is 10.0. The number of carbonyl (C=O) groups is 1. The predicted molar refractivity (Wildman–Crippen MR) is 134 cm³/mol. The number of thioether (sulfide) groups is 1. The normalized spacial score (nSPS) is 16.0. The number of aromatic nitrogens is 3. The molecule has 184 valence electrons. The molecule has 11 nitrogen and oxygen atoms in total. The van der Waals surface area contributed by atoms with E-state index < -0.39 is 23.4 Å². The molecule has 35 heavy (non-hydrogen) atoms. The number of nitrogen functional groups attached to an aromatic ring is 1. The van der Waals surface area contributed by atoms with Gasteiger partial charge in [-0.25, -0.2) is 19.1 Å². The summed E-state index contributed by atoms with van der Waals surface area (Å²) in [6, 6.07) is 11.5. The molecule has 2 atom stereocenters. The molecule has 3 aromatic rings.